The molecule has 0 saturated carbocycles. The fourth-order valence-electron chi connectivity index (χ4n) is 2.51. The summed E-state index contributed by atoms with van der Waals surface area (Å²) >= 11 is 1.49. The van der Waals surface area contributed by atoms with Crippen LogP contribution in [0.1, 0.15) is 11.4 Å². The molecule has 0 spiro atoms. The van der Waals surface area contributed by atoms with Crippen LogP contribution in [0.5, 0.6) is 11.5 Å². The molecule has 5 nitrogen and oxygen atoms in total. The third-order valence-electron chi connectivity index (χ3n) is 3.66. The molecule has 2 aromatic carbocycles. The van der Waals surface area contributed by atoms with E-state index in [1.165, 1.54) is 11.3 Å². The molecule has 0 saturated heterocycles. The summed E-state index contributed by atoms with van der Waals surface area (Å²) in [6.45, 7) is 2.33. The van der Waals surface area contributed by atoms with Gasteiger partial charge in [-0.3, -0.25) is 0 Å². The summed E-state index contributed by atoms with van der Waals surface area (Å²) in [4.78, 5) is 5.26. The average molecular weight is 337 g/mol. The highest BCUT2D eigenvalue weighted by molar-refractivity contribution is 7.15. The molecule has 0 fully saturated rings. The number of rotatable bonds is 4. The van der Waals surface area contributed by atoms with E-state index in [1.54, 1.807) is 16.6 Å². The summed E-state index contributed by atoms with van der Waals surface area (Å²) < 4.78 is 7.50. The summed E-state index contributed by atoms with van der Waals surface area (Å²) in [7, 11) is 0. The van der Waals surface area contributed by atoms with Crippen molar-refractivity contribution in [3.05, 3.63) is 65.3 Å². The number of fused-ring (bicyclic) bond motifs is 1. The Bertz CT molecular complexity index is 1010. The molecule has 4 aromatic rings. The summed E-state index contributed by atoms with van der Waals surface area (Å²) in [5.41, 5.74) is 2.70. The Morgan fingerprint density at radius 2 is 2.04 bits per heavy atom. The van der Waals surface area contributed by atoms with Crippen molar-refractivity contribution in [1.29, 1.82) is 0 Å². The number of aryl methyl sites for hydroxylation is 1. The minimum atomic E-state index is 0.227. The lowest BCUT2D eigenvalue weighted by molar-refractivity contribution is 0.296. The van der Waals surface area contributed by atoms with Gasteiger partial charge in [0.1, 0.15) is 18.1 Å². The van der Waals surface area contributed by atoms with Crippen molar-refractivity contribution in [2.75, 3.05) is 0 Å². The highest BCUT2D eigenvalue weighted by Gasteiger charge is 2.14. The molecular formula is C18H15N3O2S. The van der Waals surface area contributed by atoms with E-state index in [9.17, 15) is 5.11 Å². The van der Waals surface area contributed by atoms with Crippen molar-refractivity contribution in [2.45, 2.75) is 13.5 Å². The molecule has 0 bridgehead atoms. The largest absolute Gasteiger partial charge is 0.507 e. The Morgan fingerprint density at radius 1 is 1.17 bits per heavy atom. The molecule has 2 heterocycles. The van der Waals surface area contributed by atoms with E-state index in [1.807, 2.05) is 48.7 Å². The summed E-state index contributed by atoms with van der Waals surface area (Å²) in [5.74, 6) is 1.64. The first-order valence-electron chi connectivity index (χ1n) is 7.52. The van der Waals surface area contributed by atoms with Crippen LogP contribution in [0.25, 0.3) is 16.2 Å². The molecule has 120 valence electrons. The molecule has 2 aromatic heterocycles. The van der Waals surface area contributed by atoms with Crippen molar-refractivity contribution in [3.8, 4) is 22.8 Å². The van der Waals surface area contributed by atoms with E-state index < -0.39 is 0 Å². The molecule has 0 unspecified atom stereocenters. The van der Waals surface area contributed by atoms with Gasteiger partial charge in [0, 0.05) is 10.9 Å². The SMILES string of the molecule is Cc1cccc(OCc2nc3scc(-c4ccccc4O)n3n2)c1. The van der Waals surface area contributed by atoms with Crippen LogP contribution >= 0.6 is 11.3 Å². The fraction of sp³-hybridized carbons (Fsp3) is 0.111. The van der Waals surface area contributed by atoms with Gasteiger partial charge in [0.05, 0.1) is 5.69 Å². The molecule has 6 heteroatoms. The lowest BCUT2D eigenvalue weighted by Gasteiger charge is -2.04. The van der Waals surface area contributed by atoms with Gasteiger partial charge in [-0.25, -0.2) is 4.52 Å². The Kier molecular flexibility index (Phi) is 3.66. The fourth-order valence-corrected chi connectivity index (χ4v) is 3.35. The smallest absolute Gasteiger partial charge is 0.212 e. The minimum absolute atomic E-state index is 0.227. The summed E-state index contributed by atoms with van der Waals surface area (Å²) in [6.07, 6.45) is 0. The van der Waals surface area contributed by atoms with Crippen LogP contribution in [0.4, 0.5) is 0 Å². The first kappa shape index (κ1) is 14.7. The van der Waals surface area contributed by atoms with Crippen LogP contribution in [0, 0.1) is 6.92 Å². The van der Waals surface area contributed by atoms with Gasteiger partial charge in [-0.2, -0.15) is 4.98 Å². The van der Waals surface area contributed by atoms with Crippen LogP contribution in [-0.4, -0.2) is 19.7 Å². The number of phenolic OH excluding ortho intramolecular Hbond substituents is 1. The van der Waals surface area contributed by atoms with Crippen LogP contribution in [0.3, 0.4) is 0 Å². The molecule has 0 atom stereocenters. The minimum Gasteiger partial charge on any atom is -0.507 e. The molecule has 1 N–H and O–H groups in total. The number of aromatic nitrogens is 3. The predicted molar refractivity (Wildman–Crippen MR) is 93.5 cm³/mol. The topological polar surface area (TPSA) is 59.7 Å². The van der Waals surface area contributed by atoms with E-state index in [0.29, 0.717) is 12.4 Å². The number of phenols is 1. The van der Waals surface area contributed by atoms with Crippen molar-refractivity contribution >= 4 is 16.3 Å². The van der Waals surface area contributed by atoms with Gasteiger partial charge in [0.2, 0.25) is 4.96 Å². The van der Waals surface area contributed by atoms with Crippen molar-refractivity contribution in [2.24, 2.45) is 0 Å². The zero-order chi connectivity index (χ0) is 16.5. The molecule has 0 aliphatic rings. The van der Waals surface area contributed by atoms with Gasteiger partial charge in [-0.1, -0.05) is 24.3 Å². The third-order valence-corrected chi connectivity index (χ3v) is 4.48. The highest BCUT2D eigenvalue weighted by Crippen LogP contribution is 2.31. The molecule has 0 radical (unpaired) electrons. The van der Waals surface area contributed by atoms with Crippen molar-refractivity contribution < 1.29 is 9.84 Å². The Morgan fingerprint density at radius 3 is 2.88 bits per heavy atom. The molecule has 0 aliphatic heterocycles. The van der Waals surface area contributed by atoms with Crippen LogP contribution in [0.15, 0.2) is 53.9 Å². The number of nitrogens with zero attached hydrogens (tertiary/aromatic N) is 3. The lowest BCUT2D eigenvalue weighted by Crippen LogP contribution is -1.99. The van der Waals surface area contributed by atoms with E-state index in [0.717, 1.165) is 27.5 Å². The third kappa shape index (κ3) is 2.72. The lowest BCUT2D eigenvalue weighted by atomic mass is 10.1. The van der Waals surface area contributed by atoms with Crippen LogP contribution in [-0.2, 0) is 6.61 Å². The number of ether oxygens (including phenoxy) is 1. The van der Waals surface area contributed by atoms with Gasteiger partial charge >= 0.3 is 0 Å². The van der Waals surface area contributed by atoms with Crippen molar-refractivity contribution in [1.82, 2.24) is 14.6 Å². The maximum absolute atomic E-state index is 10.0. The summed E-state index contributed by atoms with van der Waals surface area (Å²) in [5, 5.41) is 16.5. The van der Waals surface area contributed by atoms with Gasteiger partial charge in [-0.05, 0) is 36.8 Å². The van der Waals surface area contributed by atoms with Crippen molar-refractivity contribution in [3.63, 3.8) is 0 Å². The van der Waals surface area contributed by atoms with E-state index in [-0.39, 0.29) is 5.75 Å². The standard InChI is InChI=1S/C18H15N3O2S/c1-12-5-4-6-13(9-12)23-10-17-19-18-21(20-17)15(11-24-18)14-7-2-3-8-16(14)22/h2-9,11,22H,10H2,1H3. The first-order valence-corrected chi connectivity index (χ1v) is 8.39. The predicted octanol–water partition coefficient (Wildman–Crippen LogP) is 4.05. The first-order chi connectivity index (χ1) is 11.7. The monoisotopic (exact) mass is 337 g/mol. The highest BCUT2D eigenvalue weighted by atomic mass is 32.1. The molecule has 0 amide bonds. The number of para-hydroxylation sites is 1. The Balaban J connectivity index is 1.61. The maximum atomic E-state index is 10.0. The molecule has 4 rings (SSSR count). The van der Waals surface area contributed by atoms with E-state index in [2.05, 4.69) is 10.1 Å². The van der Waals surface area contributed by atoms with E-state index in [4.69, 9.17) is 4.74 Å². The number of thiazole rings is 1. The zero-order valence-electron chi connectivity index (χ0n) is 13.0. The van der Waals surface area contributed by atoms with Gasteiger partial charge in [-0.15, -0.1) is 16.4 Å². The number of hydrogen-bond acceptors (Lipinski definition) is 5. The van der Waals surface area contributed by atoms with Crippen LogP contribution < -0.4 is 4.74 Å². The van der Waals surface area contributed by atoms with Gasteiger partial charge in [0.15, 0.2) is 5.82 Å². The number of hydrogen-bond donors (Lipinski definition) is 1. The molecular weight excluding hydrogens is 322 g/mol. The average Bonchev–Trinajstić information content (AvgIpc) is 3.14. The van der Waals surface area contributed by atoms with Gasteiger partial charge in [0.25, 0.3) is 0 Å². The molecule has 0 aliphatic carbocycles. The second-order valence-electron chi connectivity index (χ2n) is 5.47. The molecule has 24 heavy (non-hydrogen) atoms. The zero-order valence-corrected chi connectivity index (χ0v) is 13.8. The van der Waals surface area contributed by atoms with E-state index >= 15 is 0 Å². The number of aromatic hydroxyl groups is 1. The number of benzene rings is 2. The summed E-state index contributed by atoms with van der Waals surface area (Å²) in [6, 6.07) is 15.1. The second-order valence-corrected chi connectivity index (χ2v) is 6.30. The van der Waals surface area contributed by atoms with Gasteiger partial charge < -0.3 is 9.84 Å². The van der Waals surface area contributed by atoms with Crippen LogP contribution in [0.2, 0.25) is 0 Å². The Labute approximate surface area is 142 Å². The second kappa shape index (κ2) is 5.98. The maximum Gasteiger partial charge on any atom is 0.212 e. The quantitative estimate of drug-likeness (QED) is 0.610. The normalized spacial score (nSPS) is 11.0. The Hall–Kier alpha value is -2.86.